The number of para-hydroxylation sites is 1. The third-order valence-electron chi connectivity index (χ3n) is 6.47. The van der Waals surface area contributed by atoms with Crippen LogP contribution < -0.4 is 16.6 Å². The number of ether oxygens (including phenoxy) is 1. The Morgan fingerprint density at radius 3 is 2.76 bits per heavy atom. The molecule has 1 amide bonds. The summed E-state index contributed by atoms with van der Waals surface area (Å²) in [6.07, 6.45) is 3.17. The van der Waals surface area contributed by atoms with Gasteiger partial charge in [-0.15, -0.1) is 0 Å². The Bertz CT molecular complexity index is 1740. The van der Waals surface area contributed by atoms with Gasteiger partial charge in [0.1, 0.15) is 29.2 Å². The highest BCUT2D eigenvalue weighted by Crippen LogP contribution is 2.33. The molecule has 37 heavy (non-hydrogen) atoms. The second-order valence-corrected chi connectivity index (χ2v) is 8.71. The van der Waals surface area contributed by atoms with E-state index in [0.717, 1.165) is 0 Å². The van der Waals surface area contributed by atoms with Crippen molar-refractivity contribution in [1.29, 1.82) is 0 Å². The molecule has 0 fully saturated rings. The average molecular weight is 500 g/mol. The predicted molar refractivity (Wildman–Crippen MR) is 136 cm³/mol. The van der Waals surface area contributed by atoms with E-state index in [1.807, 2.05) is 25.2 Å². The molecule has 0 radical (unpaired) electrons. The fraction of sp³-hybridized carbons (Fsp3) is 0.154. The number of anilines is 2. The fourth-order valence-corrected chi connectivity index (χ4v) is 4.77. The van der Waals surface area contributed by atoms with Gasteiger partial charge in [-0.2, -0.15) is 0 Å². The maximum atomic E-state index is 15.2. The van der Waals surface area contributed by atoms with E-state index in [4.69, 9.17) is 10.5 Å². The lowest BCUT2D eigenvalue weighted by atomic mass is 10.1. The molecule has 1 aliphatic heterocycles. The summed E-state index contributed by atoms with van der Waals surface area (Å²) in [5.41, 5.74) is 8.34. The zero-order chi connectivity index (χ0) is 25.7. The Hall–Kier alpha value is -4.77. The quantitative estimate of drug-likeness (QED) is 0.392. The molecular weight excluding hydrogens is 477 g/mol. The Balaban J connectivity index is 1.36. The first-order valence-electron chi connectivity index (χ1n) is 11.6. The first-order valence-corrected chi connectivity index (χ1v) is 11.6. The van der Waals surface area contributed by atoms with Gasteiger partial charge in [0, 0.05) is 18.8 Å². The number of carbonyl (C=O) groups is 1. The number of amides is 1. The van der Waals surface area contributed by atoms with E-state index in [9.17, 15) is 9.59 Å². The number of nitrogens with one attached hydrogen (secondary N) is 1. The van der Waals surface area contributed by atoms with Crippen LogP contribution in [0.2, 0.25) is 0 Å². The molecular formula is C26H22FN7O3. The van der Waals surface area contributed by atoms with E-state index in [0.29, 0.717) is 46.7 Å². The van der Waals surface area contributed by atoms with E-state index in [2.05, 4.69) is 15.3 Å². The van der Waals surface area contributed by atoms with Crippen LogP contribution in [0.15, 0.2) is 65.8 Å². The third kappa shape index (κ3) is 3.67. The van der Waals surface area contributed by atoms with Crippen LogP contribution in [0.3, 0.4) is 0 Å². The number of hydrogen-bond acceptors (Lipinski definition) is 6. The van der Waals surface area contributed by atoms with Gasteiger partial charge in [-0.25, -0.2) is 19.0 Å². The maximum absolute atomic E-state index is 15.2. The van der Waals surface area contributed by atoms with Crippen LogP contribution in [0.25, 0.3) is 27.8 Å². The summed E-state index contributed by atoms with van der Waals surface area (Å²) in [5.74, 6) is -1.08. The molecule has 2 aromatic carbocycles. The summed E-state index contributed by atoms with van der Waals surface area (Å²) in [6, 6.07) is 13.5. The van der Waals surface area contributed by atoms with Crippen LogP contribution in [0.1, 0.15) is 16.1 Å². The van der Waals surface area contributed by atoms with Crippen molar-refractivity contribution in [3.8, 4) is 16.8 Å². The lowest BCUT2D eigenvalue weighted by Crippen LogP contribution is -2.26. The molecule has 0 saturated carbocycles. The number of halogens is 1. The number of aromatic nitrogens is 5. The van der Waals surface area contributed by atoms with Crippen LogP contribution in [-0.2, 0) is 24.9 Å². The summed E-state index contributed by atoms with van der Waals surface area (Å²) < 4.78 is 25.7. The molecule has 10 nitrogen and oxygen atoms in total. The molecule has 3 aromatic heterocycles. The lowest BCUT2D eigenvalue weighted by molar-refractivity contribution is 0.0756. The molecule has 0 spiro atoms. The van der Waals surface area contributed by atoms with Crippen LogP contribution in [-0.4, -0.2) is 36.4 Å². The number of carbonyl (C=O) groups excluding carboxylic acids is 1. The number of nitrogens with two attached hydrogens (primary N) is 1. The predicted octanol–water partition coefficient (Wildman–Crippen LogP) is 3.09. The molecule has 0 unspecified atom stereocenters. The number of nitrogen functional groups attached to an aromatic ring is 1. The van der Waals surface area contributed by atoms with E-state index in [1.54, 1.807) is 33.6 Å². The van der Waals surface area contributed by atoms with Gasteiger partial charge in [-0.3, -0.25) is 14.3 Å². The number of benzene rings is 2. The summed E-state index contributed by atoms with van der Waals surface area (Å²) in [4.78, 5) is 35.0. The molecule has 0 aliphatic carbocycles. The molecule has 5 aromatic rings. The Morgan fingerprint density at radius 2 is 1.97 bits per heavy atom. The topological polar surface area (TPSA) is 122 Å². The molecule has 0 saturated heterocycles. The second-order valence-electron chi connectivity index (χ2n) is 8.71. The highest BCUT2D eigenvalue weighted by atomic mass is 19.1. The lowest BCUT2D eigenvalue weighted by Gasteiger charge is -2.19. The van der Waals surface area contributed by atoms with Gasteiger partial charge < -0.3 is 20.4 Å². The zero-order valence-corrected chi connectivity index (χ0v) is 19.8. The molecule has 0 bridgehead atoms. The Labute approximate surface area is 209 Å². The highest BCUT2D eigenvalue weighted by molar-refractivity contribution is 6.05. The first-order chi connectivity index (χ1) is 17.9. The minimum atomic E-state index is -0.705. The van der Waals surface area contributed by atoms with Crippen LogP contribution in [0.4, 0.5) is 15.9 Å². The summed E-state index contributed by atoms with van der Waals surface area (Å²) in [5, 5.41) is 3.18. The van der Waals surface area contributed by atoms with Gasteiger partial charge in [-0.05, 0) is 29.8 Å². The van der Waals surface area contributed by atoms with Crippen molar-refractivity contribution < 1.29 is 13.9 Å². The van der Waals surface area contributed by atoms with E-state index in [1.165, 1.54) is 23.1 Å². The molecule has 186 valence electrons. The van der Waals surface area contributed by atoms with Crippen molar-refractivity contribution in [2.45, 2.75) is 13.2 Å². The largest absolute Gasteiger partial charge is 0.383 e. The van der Waals surface area contributed by atoms with Crippen molar-refractivity contribution >= 4 is 28.4 Å². The number of hydrogen-bond donors (Lipinski definition) is 2. The number of fused-ring (bicyclic) bond motifs is 2. The molecule has 1 aliphatic rings. The summed E-state index contributed by atoms with van der Waals surface area (Å²) in [6.45, 7) is 0.923. The minimum Gasteiger partial charge on any atom is -0.383 e. The van der Waals surface area contributed by atoms with Crippen LogP contribution >= 0.6 is 0 Å². The number of rotatable bonds is 4. The third-order valence-corrected chi connectivity index (χ3v) is 6.47. The molecule has 0 atom stereocenters. The number of aryl methyl sites for hydroxylation is 1. The second kappa shape index (κ2) is 8.71. The average Bonchev–Trinajstić information content (AvgIpc) is 3.40. The van der Waals surface area contributed by atoms with Crippen LogP contribution in [0.5, 0.6) is 0 Å². The van der Waals surface area contributed by atoms with Gasteiger partial charge >= 0.3 is 0 Å². The maximum Gasteiger partial charge on any atom is 0.284 e. The van der Waals surface area contributed by atoms with Gasteiger partial charge in [-0.1, -0.05) is 24.3 Å². The summed E-state index contributed by atoms with van der Waals surface area (Å²) >= 11 is 0. The number of nitrogens with zero attached hydrogens (tertiary/aromatic N) is 5. The van der Waals surface area contributed by atoms with Crippen molar-refractivity contribution in [2.75, 3.05) is 17.7 Å². The van der Waals surface area contributed by atoms with E-state index < -0.39 is 17.3 Å². The fourth-order valence-electron chi connectivity index (χ4n) is 4.77. The van der Waals surface area contributed by atoms with Gasteiger partial charge in [0.2, 0.25) is 0 Å². The zero-order valence-electron chi connectivity index (χ0n) is 19.8. The Kier molecular flexibility index (Phi) is 5.34. The van der Waals surface area contributed by atoms with Gasteiger partial charge in [0.15, 0.2) is 0 Å². The first kappa shape index (κ1) is 22.7. The monoisotopic (exact) mass is 499 g/mol. The van der Waals surface area contributed by atoms with Gasteiger partial charge in [0.05, 0.1) is 42.2 Å². The molecule has 4 heterocycles. The highest BCUT2D eigenvalue weighted by Gasteiger charge is 2.28. The van der Waals surface area contributed by atoms with Crippen molar-refractivity contribution in [3.63, 3.8) is 0 Å². The summed E-state index contributed by atoms with van der Waals surface area (Å²) in [7, 11) is 1.81. The molecule has 6 rings (SSSR count). The van der Waals surface area contributed by atoms with Gasteiger partial charge in [0.25, 0.3) is 11.5 Å². The van der Waals surface area contributed by atoms with E-state index in [-0.39, 0.29) is 23.7 Å². The van der Waals surface area contributed by atoms with Crippen molar-refractivity contribution in [1.82, 2.24) is 23.9 Å². The smallest absolute Gasteiger partial charge is 0.284 e. The molecule has 11 heteroatoms. The SMILES string of the molecule is Cn1cc(-c2ccc(NC(=O)c3c4n(n(-c5ccccc5)c3=O)CCOC4)c(F)c2)c2c(N)ncnc21. The Morgan fingerprint density at radius 1 is 1.16 bits per heavy atom. The minimum absolute atomic E-state index is 0.0550. The standard InChI is InChI=1S/C26H22FN7O3/c1-32-12-17(21-23(28)29-14-30-24(21)32)15-7-8-19(18(27)11-15)31-25(35)22-20-13-37-10-9-33(20)34(26(22)36)16-5-3-2-4-6-16/h2-8,11-12,14H,9-10,13H2,1H3,(H,31,35)(H2,28,29,30). The normalized spacial score (nSPS) is 13.0. The molecule has 3 N–H and O–H groups in total. The van der Waals surface area contributed by atoms with E-state index >= 15 is 4.39 Å². The van der Waals surface area contributed by atoms with Crippen LogP contribution in [0, 0.1) is 5.82 Å². The van der Waals surface area contributed by atoms with Crippen molar-refractivity contribution in [3.05, 3.63) is 88.5 Å². The van der Waals surface area contributed by atoms with Crippen molar-refractivity contribution in [2.24, 2.45) is 7.05 Å².